The minimum atomic E-state index is -0.0899. The predicted molar refractivity (Wildman–Crippen MR) is 83.5 cm³/mol. The average molecular weight is 356 g/mol. The summed E-state index contributed by atoms with van der Waals surface area (Å²) in [6.07, 6.45) is 25.4. The molecular formula is C20H24Zr. The topological polar surface area (TPSA) is 0 Å². The monoisotopic (exact) mass is 354 g/mol. The Hall–Kier alpha value is -0.157. The van der Waals surface area contributed by atoms with Gasteiger partial charge in [0.1, 0.15) is 0 Å². The van der Waals surface area contributed by atoms with Gasteiger partial charge in [0.15, 0.2) is 0 Å². The van der Waals surface area contributed by atoms with Crippen LogP contribution in [0.5, 0.6) is 0 Å². The third kappa shape index (κ3) is 1.96. The van der Waals surface area contributed by atoms with Gasteiger partial charge in [-0.15, -0.1) is 0 Å². The standard InChI is InChI=1S/C20H24.Zr/c1-14(17-12-10-15-6-2-4-8-19(15)17)18-13-11-16-7-3-5-9-20(16)18;/h2-9,15-20H,1,10-13H2;. The molecule has 5 rings (SSSR count). The first-order valence-corrected chi connectivity index (χ1v) is 11.8. The van der Waals surface area contributed by atoms with E-state index in [4.69, 9.17) is 0 Å². The van der Waals surface area contributed by atoms with Gasteiger partial charge in [-0.1, -0.05) is 0 Å². The Labute approximate surface area is 140 Å². The fraction of sp³-hybridized carbons (Fsp3) is 0.600. The molecule has 0 aromatic heterocycles. The van der Waals surface area contributed by atoms with Crippen molar-refractivity contribution in [2.75, 3.05) is 0 Å². The van der Waals surface area contributed by atoms with Gasteiger partial charge in [0.05, 0.1) is 0 Å². The molecule has 1 aliphatic heterocycles. The van der Waals surface area contributed by atoms with Gasteiger partial charge in [0.25, 0.3) is 0 Å². The molecule has 108 valence electrons. The normalized spacial score (nSPS) is 52.6. The zero-order valence-corrected chi connectivity index (χ0v) is 15.1. The van der Waals surface area contributed by atoms with E-state index in [2.05, 4.69) is 48.6 Å². The molecule has 0 aromatic carbocycles. The van der Waals surface area contributed by atoms with E-state index in [0.29, 0.717) is 0 Å². The first-order valence-electron chi connectivity index (χ1n) is 8.83. The van der Waals surface area contributed by atoms with Gasteiger partial charge in [-0.25, -0.2) is 0 Å². The molecule has 6 unspecified atom stereocenters. The van der Waals surface area contributed by atoms with Crippen molar-refractivity contribution in [3.63, 3.8) is 0 Å². The van der Waals surface area contributed by atoms with E-state index in [1.807, 2.05) is 0 Å². The van der Waals surface area contributed by atoms with Crippen LogP contribution in [-0.2, 0) is 23.2 Å². The number of hydrogen-bond donors (Lipinski definition) is 0. The van der Waals surface area contributed by atoms with Crippen LogP contribution in [0.15, 0.2) is 48.6 Å². The second kappa shape index (κ2) is 4.92. The van der Waals surface area contributed by atoms with Crippen LogP contribution < -0.4 is 0 Å². The molecule has 1 heterocycles. The molecule has 0 bridgehead atoms. The van der Waals surface area contributed by atoms with Crippen molar-refractivity contribution in [2.24, 2.45) is 35.5 Å². The van der Waals surface area contributed by atoms with Crippen LogP contribution in [0.4, 0.5) is 0 Å². The summed E-state index contributed by atoms with van der Waals surface area (Å²) >= 11 is -0.0899. The van der Waals surface area contributed by atoms with Crippen LogP contribution in [0.1, 0.15) is 25.7 Å². The molecule has 0 aromatic rings. The summed E-state index contributed by atoms with van der Waals surface area (Å²) in [6.45, 7) is 0. The van der Waals surface area contributed by atoms with Crippen LogP contribution in [0.3, 0.4) is 0 Å². The molecule has 21 heavy (non-hydrogen) atoms. The summed E-state index contributed by atoms with van der Waals surface area (Å²) in [5.41, 5.74) is 0. The number of rotatable bonds is 2. The Bertz CT molecular complexity index is 502. The summed E-state index contributed by atoms with van der Waals surface area (Å²) in [6, 6.07) is 0. The molecule has 6 atom stereocenters. The molecule has 0 N–H and O–H groups in total. The first-order chi connectivity index (χ1) is 10.4. The van der Waals surface area contributed by atoms with Crippen molar-refractivity contribution < 1.29 is 23.2 Å². The molecule has 3 fully saturated rings. The third-order valence-corrected chi connectivity index (χ3v) is 11.8. The van der Waals surface area contributed by atoms with E-state index in [0.717, 1.165) is 38.6 Å². The van der Waals surface area contributed by atoms with E-state index in [-0.39, 0.29) is 23.2 Å². The molecule has 1 saturated heterocycles. The van der Waals surface area contributed by atoms with Gasteiger partial charge in [-0.2, -0.15) is 0 Å². The van der Waals surface area contributed by atoms with Crippen LogP contribution in [0.25, 0.3) is 0 Å². The van der Waals surface area contributed by atoms with Crippen LogP contribution in [0, 0.1) is 35.5 Å². The van der Waals surface area contributed by atoms with Gasteiger partial charge in [0.2, 0.25) is 0 Å². The van der Waals surface area contributed by atoms with Crippen molar-refractivity contribution in [3.05, 3.63) is 48.6 Å². The van der Waals surface area contributed by atoms with Gasteiger partial charge >= 0.3 is 140 Å². The van der Waals surface area contributed by atoms with Gasteiger partial charge in [0, 0.05) is 0 Å². The molecule has 2 saturated carbocycles. The summed E-state index contributed by atoms with van der Waals surface area (Å²) < 4.78 is 2.57. The summed E-state index contributed by atoms with van der Waals surface area (Å²) in [4.78, 5) is 0. The Balaban J connectivity index is 1.44. The summed E-state index contributed by atoms with van der Waals surface area (Å²) in [7, 11) is 0. The first kappa shape index (κ1) is 13.3. The Morgan fingerprint density at radius 3 is 1.62 bits per heavy atom. The van der Waals surface area contributed by atoms with Crippen molar-refractivity contribution in [1.29, 1.82) is 0 Å². The van der Waals surface area contributed by atoms with E-state index in [1.54, 1.807) is 4.13 Å². The number of fused-ring (bicyclic) bond motifs is 2. The molecular weight excluding hydrogens is 331 g/mol. The SMILES string of the molecule is C1=CC2CCC([C]3(C4CCC5C=CC=CC54)[CH2][Zr]3)C2C=C1. The molecule has 0 spiro atoms. The molecule has 0 amide bonds. The summed E-state index contributed by atoms with van der Waals surface area (Å²) in [5.74, 6) is 5.68. The van der Waals surface area contributed by atoms with Crippen molar-refractivity contribution in [1.82, 2.24) is 0 Å². The van der Waals surface area contributed by atoms with Gasteiger partial charge in [-0.3, -0.25) is 0 Å². The molecule has 5 aliphatic rings. The van der Waals surface area contributed by atoms with Crippen molar-refractivity contribution >= 4 is 0 Å². The van der Waals surface area contributed by atoms with E-state index in [9.17, 15) is 0 Å². The van der Waals surface area contributed by atoms with Crippen molar-refractivity contribution in [3.8, 4) is 0 Å². The fourth-order valence-electron chi connectivity index (χ4n) is 6.02. The Morgan fingerprint density at radius 2 is 1.14 bits per heavy atom. The van der Waals surface area contributed by atoms with Gasteiger partial charge < -0.3 is 0 Å². The van der Waals surface area contributed by atoms with Gasteiger partial charge in [-0.05, 0) is 0 Å². The zero-order valence-electron chi connectivity index (χ0n) is 12.6. The molecule has 4 aliphatic carbocycles. The average Bonchev–Trinajstić information content (AvgIpc) is 3.03. The maximum absolute atomic E-state index is 2.57. The van der Waals surface area contributed by atoms with E-state index >= 15 is 0 Å². The minimum absolute atomic E-state index is 0.0899. The second-order valence-corrected chi connectivity index (χ2v) is 11.8. The fourth-order valence-corrected chi connectivity index (χ4v) is 10.8. The quantitative estimate of drug-likeness (QED) is 0.639. The van der Waals surface area contributed by atoms with E-state index < -0.39 is 0 Å². The second-order valence-electron chi connectivity index (χ2n) is 7.78. The Kier molecular flexibility index (Phi) is 3.12. The number of hydrogen-bond acceptors (Lipinski definition) is 0. The molecule has 0 nitrogen and oxygen atoms in total. The maximum atomic E-state index is 2.57. The molecule has 0 radical (unpaired) electrons. The molecule has 1 heteroatoms. The van der Waals surface area contributed by atoms with Crippen LogP contribution >= 0.6 is 0 Å². The summed E-state index contributed by atoms with van der Waals surface area (Å²) in [5, 5.41) is 0. The third-order valence-electron chi connectivity index (χ3n) is 7.05. The number of allylic oxidation sites excluding steroid dienone is 8. The van der Waals surface area contributed by atoms with Crippen molar-refractivity contribution in [2.45, 2.75) is 32.9 Å². The Morgan fingerprint density at radius 1 is 0.667 bits per heavy atom. The van der Waals surface area contributed by atoms with Crippen LogP contribution in [0.2, 0.25) is 7.25 Å². The zero-order chi connectivity index (χ0) is 13.9. The predicted octanol–water partition coefficient (Wildman–Crippen LogP) is 5.20. The van der Waals surface area contributed by atoms with Crippen LogP contribution in [-0.4, -0.2) is 0 Å². The van der Waals surface area contributed by atoms with E-state index in [1.165, 1.54) is 25.7 Å².